The van der Waals surface area contributed by atoms with Crippen molar-refractivity contribution in [3.05, 3.63) is 64.5 Å². The van der Waals surface area contributed by atoms with Crippen molar-refractivity contribution in [3.63, 3.8) is 0 Å². The molecule has 2 atom stereocenters. The molecule has 4 heterocycles. The third-order valence-electron chi connectivity index (χ3n) is 6.76. The van der Waals surface area contributed by atoms with Gasteiger partial charge in [0.2, 0.25) is 0 Å². The van der Waals surface area contributed by atoms with Gasteiger partial charge in [-0.3, -0.25) is 4.68 Å². The number of benzene rings is 1. The van der Waals surface area contributed by atoms with Crippen molar-refractivity contribution in [3.8, 4) is 11.1 Å². The highest BCUT2D eigenvalue weighted by molar-refractivity contribution is 6.30. The molecule has 0 N–H and O–H groups in total. The molecule has 1 aromatic carbocycles. The molecular weight excluding hydrogens is 467 g/mol. The number of aryl methyl sites for hydroxylation is 2. The van der Waals surface area contributed by atoms with E-state index in [-0.39, 0.29) is 12.2 Å². The van der Waals surface area contributed by atoms with Crippen LogP contribution >= 0.6 is 11.6 Å². The summed E-state index contributed by atoms with van der Waals surface area (Å²) in [6, 6.07) is 7.11. The molecular formula is C26H26ClFN6O. The molecule has 180 valence electrons. The van der Waals surface area contributed by atoms with Gasteiger partial charge in [0.25, 0.3) is 0 Å². The van der Waals surface area contributed by atoms with Crippen LogP contribution in [0.3, 0.4) is 0 Å². The minimum absolute atomic E-state index is 0.0166. The average Bonchev–Trinajstić information content (AvgIpc) is 3.55. The van der Waals surface area contributed by atoms with Crippen LogP contribution in [-0.2, 0) is 4.74 Å². The molecule has 35 heavy (non-hydrogen) atoms. The van der Waals surface area contributed by atoms with E-state index in [1.165, 1.54) is 18.9 Å². The molecule has 9 heteroatoms. The van der Waals surface area contributed by atoms with E-state index < -0.39 is 5.82 Å². The molecule has 1 aliphatic carbocycles. The highest BCUT2D eigenvalue weighted by Gasteiger charge is 2.31. The summed E-state index contributed by atoms with van der Waals surface area (Å²) in [5, 5.41) is 4.88. The van der Waals surface area contributed by atoms with Gasteiger partial charge in [0, 0.05) is 34.5 Å². The minimum Gasteiger partial charge on any atom is -0.367 e. The molecule has 2 aliphatic rings. The highest BCUT2D eigenvalue weighted by atomic mass is 35.5. The predicted molar refractivity (Wildman–Crippen MR) is 133 cm³/mol. The largest absolute Gasteiger partial charge is 0.367 e. The molecule has 0 spiro atoms. The summed E-state index contributed by atoms with van der Waals surface area (Å²) in [5.41, 5.74) is 4.77. The van der Waals surface area contributed by atoms with Gasteiger partial charge in [-0.15, -0.1) is 0 Å². The van der Waals surface area contributed by atoms with Crippen LogP contribution in [0.25, 0.3) is 22.3 Å². The van der Waals surface area contributed by atoms with E-state index in [1.54, 1.807) is 12.1 Å². The lowest BCUT2D eigenvalue weighted by Gasteiger charge is -2.37. The maximum absolute atomic E-state index is 15.0. The smallest absolute Gasteiger partial charge is 0.181 e. The molecule has 7 nitrogen and oxygen atoms in total. The number of fused-ring (bicyclic) bond motifs is 1. The molecule has 1 saturated carbocycles. The maximum atomic E-state index is 15.0. The Bertz CT molecular complexity index is 1440. The lowest BCUT2D eigenvalue weighted by atomic mass is 10.0. The van der Waals surface area contributed by atoms with Crippen molar-refractivity contribution < 1.29 is 9.13 Å². The Hall–Kier alpha value is -3.10. The van der Waals surface area contributed by atoms with Crippen LogP contribution in [0.4, 0.5) is 10.2 Å². The first-order valence-electron chi connectivity index (χ1n) is 11.9. The maximum Gasteiger partial charge on any atom is 0.181 e. The van der Waals surface area contributed by atoms with Crippen molar-refractivity contribution in [1.29, 1.82) is 0 Å². The van der Waals surface area contributed by atoms with Gasteiger partial charge in [0.15, 0.2) is 5.65 Å². The second-order valence-electron chi connectivity index (χ2n) is 9.54. The topological polar surface area (TPSA) is 69.0 Å². The van der Waals surface area contributed by atoms with Gasteiger partial charge in [-0.05, 0) is 57.9 Å². The lowest BCUT2D eigenvalue weighted by Crippen LogP contribution is -2.43. The quantitative estimate of drug-likeness (QED) is 0.369. The molecule has 1 saturated heterocycles. The molecule has 0 amide bonds. The number of hydrogen-bond acceptors (Lipinski definition) is 6. The van der Waals surface area contributed by atoms with Gasteiger partial charge in [-0.2, -0.15) is 5.10 Å². The molecule has 6 rings (SSSR count). The van der Waals surface area contributed by atoms with Gasteiger partial charge in [-0.1, -0.05) is 11.6 Å². The Kier molecular flexibility index (Phi) is 5.45. The summed E-state index contributed by atoms with van der Waals surface area (Å²) in [7, 11) is 0. The summed E-state index contributed by atoms with van der Waals surface area (Å²) in [6.07, 6.45) is 6.21. The van der Waals surface area contributed by atoms with Crippen LogP contribution in [0.2, 0.25) is 5.02 Å². The summed E-state index contributed by atoms with van der Waals surface area (Å²) in [5.74, 6) is 0.311. The van der Waals surface area contributed by atoms with E-state index in [2.05, 4.69) is 23.1 Å². The zero-order valence-corrected chi connectivity index (χ0v) is 20.6. The molecule has 3 aromatic heterocycles. The Morgan fingerprint density at radius 1 is 1.03 bits per heavy atom. The Balaban J connectivity index is 1.43. The SMILES string of the molecule is Cc1nc2nc(N3C[C@H](C)O[C@@H](c4cnn(C5CC5)c4)C3)cc(-c3ccc(Cl)cc3F)c2nc1C. The van der Waals surface area contributed by atoms with E-state index in [9.17, 15) is 0 Å². The normalized spacial score (nSPS) is 20.5. The van der Waals surface area contributed by atoms with Gasteiger partial charge in [-0.25, -0.2) is 19.3 Å². The molecule has 1 aliphatic heterocycles. The first-order chi connectivity index (χ1) is 16.9. The van der Waals surface area contributed by atoms with Crippen molar-refractivity contribution in [2.75, 3.05) is 18.0 Å². The monoisotopic (exact) mass is 492 g/mol. The number of ether oxygens (including phenoxy) is 1. The van der Waals surface area contributed by atoms with Crippen LogP contribution in [-0.4, -0.2) is 43.9 Å². The number of aromatic nitrogens is 5. The third-order valence-corrected chi connectivity index (χ3v) is 6.99. The molecule has 0 bridgehead atoms. The second kappa shape index (κ2) is 8.53. The van der Waals surface area contributed by atoms with Gasteiger partial charge >= 0.3 is 0 Å². The number of nitrogens with zero attached hydrogens (tertiary/aromatic N) is 6. The standard InChI is InChI=1S/C26H26ClFN6O/c1-14-11-33(13-23(35-14)17-10-29-34(12-17)19-5-6-19)24-9-21(20-7-4-18(27)8-22(20)28)25-26(32-24)31-16(3)15(2)30-25/h4,7-10,12,14,19,23H,5-6,11,13H2,1-3H3/t14-,23+/m0/s1. The van der Waals surface area contributed by atoms with E-state index >= 15 is 4.39 Å². The Labute approximate surface area is 207 Å². The summed E-state index contributed by atoms with van der Waals surface area (Å²) >= 11 is 6.03. The zero-order chi connectivity index (χ0) is 24.3. The molecule has 0 unspecified atom stereocenters. The van der Waals surface area contributed by atoms with Gasteiger partial charge in [0.05, 0.1) is 36.3 Å². The van der Waals surface area contributed by atoms with Crippen LogP contribution in [0.1, 0.15) is 48.9 Å². The highest BCUT2D eigenvalue weighted by Crippen LogP contribution is 2.37. The Morgan fingerprint density at radius 3 is 2.60 bits per heavy atom. The van der Waals surface area contributed by atoms with E-state index in [0.717, 1.165) is 17.0 Å². The second-order valence-corrected chi connectivity index (χ2v) is 9.98. The number of halogens is 2. The van der Waals surface area contributed by atoms with Crippen LogP contribution in [0.15, 0.2) is 36.7 Å². The average molecular weight is 493 g/mol. The fourth-order valence-corrected chi connectivity index (χ4v) is 4.80. The van der Waals surface area contributed by atoms with Crippen LogP contribution in [0, 0.1) is 19.7 Å². The number of hydrogen-bond donors (Lipinski definition) is 0. The van der Waals surface area contributed by atoms with Crippen molar-refractivity contribution in [2.24, 2.45) is 0 Å². The van der Waals surface area contributed by atoms with Gasteiger partial charge in [0.1, 0.15) is 23.3 Å². The fourth-order valence-electron chi connectivity index (χ4n) is 4.64. The summed E-state index contributed by atoms with van der Waals surface area (Å²) in [4.78, 5) is 16.5. The molecule has 2 fully saturated rings. The van der Waals surface area contributed by atoms with Crippen LogP contribution < -0.4 is 4.90 Å². The fraction of sp³-hybridized carbons (Fsp3) is 0.385. The number of rotatable bonds is 4. The Morgan fingerprint density at radius 2 is 1.83 bits per heavy atom. The van der Waals surface area contributed by atoms with Crippen LogP contribution in [0.5, 0.6) is 0 Å². The lowest BCUT2D eigenvalue weighted by molar-refractivity contribution is -0.0176. The first-order valence-corrected chi connectivity index (χ1v) is 12.3. The number of morpholine rings is 1. The summed E-state index contributed by atoms with van der Waals surface area (Å²) in [6.45, 7) is 7.13. The number of anilines is 1. The minimum atomic E-state index is -0.406. The predicted octanol–water partition coefficient (Wildman–Crippen LogP) is 5.60. The van der Waals surface area contributed by atoms with Gasteiger partial charge < -0.3 is 9.64 Å². The molecule has 4 aromatic rings. The zero-order valence-electron chi connectivity index (χ0n) is 19.9. The van der Waals surface area contributed by atoms with E-state index in [0.29, 0.717) is 52.3 Å². The van der Waals surface area contributed by atoms with Crippen molar-refractivity contribution in [2.45, 2.75) is 51.9 Å². The van der Waals surface area contributed by atoms with E-state index in [4.69, 9.17) is 31.3 Å². The van der Waals surface area contributed by atoms with Crippen molar-refractivity contribution in [1.82, 2.24) is 24.7 Å². The third kappa shape index (κ3) is 4.25. The number of pyridine rings is 1. The van der Waals surface area contributed by atoms with Crippen molar-refractivity contribution >= 4 is 28.6 Å². The first kappa shape index (κ1) is 22.4. The van der Waals surface area contributed by atoms with E-state index in [1.807, 2.05) is 30.8 Å². The summed E-state index contributed by atoms with van der Waals surface area (Å²) < 4.78 is 23.4. The molecule has 0 radical (unpaired) electrons.